The molecule has 1 aromatic rings. The number of halogens is 1. The maximum Gasteiger partial charge on any atom is 0.228 e. The molecule has 4 nitrogen and oxygen atoms in total. The van der Waals surface area contributed by atoms with Crippen LogP contribution in [0.3, 0.4) is 0 Å². The first-order valence-electron chi connectivity index (χ1n) is 8.39. The van der Waals surface area contributed by atoms with E-state index in [9.17, 15) is 4.79 Å². The van der Waals surface area contributed by atoms with Crippen LogP contribution >= 0.6 is 23.7 Å². The highest BCUT2D eigenvalue weighted by atomic mass is 35.5. The Morgan fingerprint density at radius 3 is 2.91 bits per heavy atom. The fraction of sp³-hybridized carbons (Fsp3) is 0.706. The molecule has 128 valence electrons. The quantitative estimate of drug-likeness (QED) is 0.901. The Hall–Kier alpha value is -0.620. The first-order valence-corrected chi connectivity index (χ1v) is 9.33. The molecule has 0 aromatic carbocycles. The molecular weight excluding hydrogens is 332 g/mol. The van der Waals surface area contributed by atoms with Crippen molar-refractivity contribution >= 4 is 29.7 Å². The molecule has 2 unspecified atom stereocenters. The third kappa shape index (κ3) is 3.43. The number of hydrogen-bond donors (Lipinski definition) is 1. The molecule has 1 saturated carbocycles. The first-order chi connectivity index (χ1) is 10.8. The standard InChI is InChI=1S/C17H24N2O2S.ClH/c20-16(14-1-7-21-11-14)19(10-13-2-8-22-12-13)15-9-17(15)3-5-18-6-4-17;/h2,8,12,14-15,18H,1,3-7,9-11H2;1H. The molecule has 1 amide bonds. The summed E-state index contributed by atoms with van der Waals surface area (Å²) in [6.07, 6.45) is 4.51. The fourth-order valence-electron chi connectivity index (χ4n) is 4.11. The Bertz CT molecular complexity index is 525. The molecule has 23 heavy (non-hydrogen) atoms. The van der Waals surface area contributed by atoms with Gasteiger partial charge in [0, 0.05) is 19.2 Å². The van der Waals surface area contributed by atoms with E-state index in [-0.39, 0.29) is 18.3 Å². The lowest BCUT2D eigenvalue weighted by atomic mass is 9.93. The number of piperidine rings is 1. The second-order valence-corrected chi connectivity index (χ2v) is 7.77. The SMILES string of the molecule is Cl.O=C(C1CCOC1)N(Cc1ccsc1)C1CC12CCNCC2. The Kier molecular flexibility index (Phi) is 5.31. The van der Waals surface area contributed by atoms with Crippen molar-refractivity contribution in [3.05, 3.63) is 22.4 Å². The highest BCUT2D eigenvalue weighted by molar-refractivity contribution is 7.07. The van der Waals surface area contributed by atoms with Gasteiger partial charge in [-0.25, -0.2) is 0 Å². The van der Waals surface area contributed by atoms with E-state index >= 15 is 0 Å². The minimum atomic E-state index is 0. The van der Waals surface area contributed by atoms with E-state index in [1.165, 1.54) is 24.8 Å². The average Bonchev–Trinajstić information content (AvgIpc) is 3.02. The van der Waals surface area contributed by atoms with Crippen molar-refractivity contribution in [3.8, 4) is 0 Å². The molecule has 0 bridgehead atoms. The van der Waals surface area contributed by atoms with Gasteiger partial charge in [-0.2, -0.15) is 11.3 Å². The van der Waals surface area contributed by atoms with E-state index in [2.05, 4.69) is 27.0 Å². The molecule has 1 spiro atoms. The van der Waals surface area contributed by atoms with Crippen LogP contribution in [0.15, 0.2) is 16.8 Å². The number of carbonyl (C=O) groups is 1. The van der Waals surface area contributed by atoms with Gasteiger partial charge in [-0.15, -0.1) is 12.4 Å². The molecule has 1 aliphatic carbocycles. The summed E-state index contributed by atoms with van der Waals surface area (Å²) in [6, 6.07) is 2.59. The maximum atomic E-state index is 13.0. The van der Waals surface area contributed by atoms with Gasteiger partial charge in [-0.1, -0.05) is 0 Å². The molecule has 2 saturated heterocycles. The van der Waals surface area contributed by atoms with Gasteiger partial charge in [0.2, 0.25) is 5.91 Å². The lowest BCUT2D eigenvalue weighted by Crippen LogP contribution is -2.41. The van der Waals surface area contributed by atoms with Crippen LogP contribution in [0.1, 0.15) is 31.2 Å². The third-order valence-corrected chi connectivity index (χ3v) is 6.35. The van der Waals surface area contributed by atoms with Gasteiger partial charge in [0.05, 0.1) is 12.5 Å². The summed E-state index contributed by atoms with van der Waals surface area (Å²) in [6.45, 7) is 4.33. The van der Waals surface area contributed by atoms with Crippen molar-refractivity contribution in [1.29, 1.82) is 0 Å². The topological polar surface area (TPSA) is 41.6 Å². The van der Waals surface area contributed by atoms with Crippen LogP contribution in [-0.4, -0.2) is 43.2 Å². The summed E-state index contributed by atoms with van der Waals surface area (Å²) in [5.74, 6) is 0.405. The number of rotatable bonds is 4. The van der Waals surface area contributed by atoms with Crippen LogP contribution in [0.2, 0.25) is 0 Å². The normalized spacial score (nSPS) is 28.3. The van der Waals surface area contributed by atoms with Crippen molar-refractivity contribution in [2.24, 2.45) is 11.3 Å². The average molecular weight is 357 g/mol. The predicted octanol–water partition coefficient (Wildman–Crippen LogP) is 2.68. The van der Waals surface area contributed by atoms with Gasteiger partial charge in [0.1, 0.15) is 0 Å². The van der Waals surface area contributed by atoms with Crippen LogP contribution in [0.4, 0.5) is 0 Å². The zero-order chi connectivity index (χ0) is 15.0. The lowest BCUT2D eigenvalue weighted by molar-refractivity contribution is -0.137. The highest BCUT2D eigenvalue weighted by Gasteiger charge is 2.58. The second-order valence-electron chi connectivity index (χ2n) is 6.99. The van der Waals surface area contributed by atoms with Crippen LogP contribution in [-0.2, 0) is 16.1 Å². The summed E-state index contributed by atoms with van der Waals surface area (Å²) in [5.41, 5.74) is 1.67. The van der Waals surface area contributed by atoms with E-state index < -0.39 is 0 Å². The van der Waals surface area contributed by atoms with E-state index in [0.29, 0.717) is 24.0 Å². The molecule has 1 aromatic heterocycles. The Balaban J connectivity index is 0.00000156. The van der Waals surface area contributed by atoms with Gasteiger partial charge in [0.15, 0.2) is 0 Å². The smallest absolute Gasteiger partial charge is 0.228 e. The molecule has 1 N–H and O–H groups in total. The summed E-state index contributed by atoms with van der Waals surface area (Å²) >= 11 is 1.71. The van der Waals surface area contributed by atoms with Crippen LogP contribution in [0.25, 0.3) is 0 Å². The van der Waals surface area contributed by atoms with Crippen LogP contribution in [0, 0.1) is 11.3 Å². The summed E-state index contributed by atoms with van der Waals surface area (Å²) < 4.78 is 5.45. The molecule has 6 heteroatoms. The Morgan fingerprint density at radius 2 is 2.26 bits per heavy atom. The predicted molar refractivity (Wildman–Crippen MR) is 94.0 cm³/mol. The molecule has 2 aliphatic heterocycles. The maximum absolute atomic E-state index is 13.0. The second kappa shape index (κ2) is 7.09. The molecular formula is C17H25ClN2O2S. The van der Waals surface area contributed by atoms with Crippen LogP contribution in [0.5, 0.6) is 0 Å². The fourth-order valence-corrected chi connectivity index (χ4v) is 4.77. The number of carbonyl (C=O) groups excluding carboxylic acids is 1. The van der Waals surface area contributed by atoms with Gasteiger partial charge in [-0.05, 0) is 66.6 Å². The summed E-state index contributed by atoms with van der Waals surface area (Å²) in [7, 11) is 0. The first kappa shape index (κ1) is 17.2. The molecule has 0 radical (unpaired) electrons. The number of nitrogens with zero attached hydrogens (tertiary/aromatic N) is 1. The van der Waals surface area contributed by atoms with Crippen molar-refractivity contribution in [2.45, 2.75) is 38.3 Å². The van der Waals surface area contributed by atoms with Crippen LogP contribution < -0.4 is 5.32 Å². The van der Waals surface area contributed by atoms with Crippen molar-refractivity contribution in [3.63, 3.8) is 0 Å². The lowest BCUT2D eigenvalue weighted by Gasteiger charge is -2.31. The summed E-state index contributed by atoms with van der Waals surface area (Å²) in [5, 5.41) is 7.72. The van der Waals surface area contributed by atoms with Gasteiger partial charge in [0.25, 0.3) is 0 Å². The minimum Gasteiger partial charge on any atom is -0.381 e. The number of amides is 1. The van der Waals surface area contributed by atoms with E-state index in [1.807, 2.05) is 0 Å². The number of ether oxygens (including phenoxy) is 1. The van der Waals surface area contributed by atoms with Crippen molar-refractivity contribution in [2.75, 3.05) is 26.3 Å². The molecule has 3 heterocycles. The van der Waals surface area contributed by atoms with E-state index in [4.69, 9.17) is 4.74 Å². The molecule has 4 rings (SSSR count). The highest BCUT2D eigenvalue weighted by Crippen LogP contribution is 2.56. The van der Waals surface area contributed by atoms with Gasteiger partial charge < -0.3 is 15.0 Å². The van der Waals surface area contributed by atoms with Gasteiger partial charge >= 0.3 is 0 Å². The summed E-state index contributed by atoms with van der Waals surface area (Å²) in [4.78, 5) is 15.2. The number of nitrogens with one attached hydrogen (secondary N) is 1. The van der Waals surface area contributed by atoms with E-state index in [1.54, 1.807) is 11.3 Å². The minimum absolute atomic E-state index is 0. The number of thiophene rings is 1. The zero-order valence-corrected chi connectivity index (χ0v) is 15.0. The van der Waals surface area contributed by atoms with Crippen molar-refractivity contribution < 1.29 is 9.53 Å². The monoisotopic (exact) mass is 356 g/mol. The third-order valence-electron chi connectivity index (χ3n) is 5.62. The van der Waals surface area contributed by atoms with Crippen molar-refractivity contribution in [1.82, 2.24) is 10.2 Å². The Morgan fingerprint density at radius 1 is 1.43 bits per heavy atom. The molecule has 3 fully saturated rings. The molecule has 2 atom stereocenters. The van der Waals surface area contributed by atoms with Gasteiger partial charge in [-0.3, -0.25) is 4.79 Å². The largest absolute Gasteiger partial charge is 0.381 e. The van der Waals surface area contributed by atoms with E-state index in [0.717, 1.165) is 32.7 Å². The number of hydrogen-bond acceptors (Lipinski definition) is 4. The molecule has 3 aliphatic rings. The Labute approximate surface area is 148 Å². The zero-order valence-electron chi connectivity index (χ0n) is 13.3.